The lowest BCUT2D eigenvalue weighted by atomic mass is 10.2. The van der Waals surface area contributed by atoms with Crippen molar-refractivity contribution in [3.8, 4) is 11.5 Å². The maximum Gasteiger partial charge on any atom is 0.419 e. The molecule has 0 atom stereocenters. The third-order valence-corrected chi connectivity index (χ3v) is 3.50. The first-order chi connectivity index (χ1) is 8.86. The predicted molar refractivity (Wildman–Crippen MR) is 78.4 cm³/mol. The molecule has 0 fully saturated rings. The fourth-order valence-corrected chi connectivity index (χ4v) is 2.14. The Balaban J connectivity index is 2.38. The third-order valence-electron chi connectivity index (χ3n) is 2.29. The molecule has 0 aliphatic carbocycles. The molecular formula is C13H7BrF3IO. The average molecular weight is 443 g/mol. The van der Waals surface area contributed by atoms with Gasteiger partial charge in [-0.2, -0.15) is 13.2 Å². The van der Waals surface area contributed by atoms with Crippen molar-refractivity contribution in [3.63, 3.8) is 0 Å². The lowest BCUT2D eigenvalue weighted by Crippen LogP contribution is -2.07. The van der Waals surface area contributed by atoms with Crippen LogP contribution in [-0.2, 0) is 6.18 Å². The molecule has 0 aliphatic rings. The van der Waals surface area contributed by atoms with Crippen LogP contribution < -0.4 is 4.74 Å². The molecule has 0 bridgehead atoms. The van der Waals surface area contributed by atoms with E-state index in [1.54, 1.807) is 24.3 Å². The summed E-state index contributed by atoms with van der Waals surface area (Å²) in [6.07, 6.45) is -4.45. The van der Waals surface area contributed by atoms with Crippen LogP contribution in [0.25, 0.3) is 0 Å². The molecule has 0 saturated heterocycles. The van der Waals surface area contributed by atoms with Crippen LogP contribution in [0.15, 0.2) is 46.9 Å². The van der Waals surface area contributed by atoms with Gasteiger partial charge in [-0.3, -0.25) is 0 Å². The summed E-state index contributed by atoms with van der Waals surface area (Å²) in [5, 5.41) is 0. The van der Waals surface area contributed by atoms with Gasteiger partial charge in [0.2, 0.25) is 0 Å². The molecule has 19 heavy (non-hydrogen) atoms. The molecule has 0 aromatic heterocycles. The fourth-order valence-electron chi connectivity index (χ4n) is 1.44. The molecule has 2 aromatic rings. The van der Waals surface area contributed by atoms with E-state index in [-0.39, 0.29) is 5.75 Å². The molecule has 2 aromatic carbocycles. The molecule has 0 heterocycles. The number of ether oxygens (including phenoxy) is 1. The van der Waals surface area contributed by atoms with Crippen molar-refractivity contribution in [2.45, 2.75) is 6.18 Å². The average Bonchev–Trinajstić information content (AvgIpc) is 2.30. The van der Waals surface area contributed by atoms with Gasteiger partial charge in [0.15, 0.2) is 0 Å². The predicted octanol–water partition coefficient (Wildman–Crippen LogP) is 5.86. The second-order valence-electron chi connectivity index (χ2n) is 3.69. The van der Waals surface area contributed by atoms with Gasteiger partial charge in [-0.25, -0.2) is 0 Å². The van der Waals surface area contributed by atoms with Crippen LogP contribution in [0.1, 0.15) is 5.56 Å². The van der Waals surface area contributed by atoms with Crippen molar-refractivity contribution in [1.29, 1.82) is 0 Å². The second-order valence-corrected chi connectivity index (χ2v) is 5.86. The van der Waals surface area contributed by atoms with Gasteiger partial charge >= 0.3 is 6.18 Å². The molecule has 100 valence electrons. The van der Waals surface area contributed by atoms with Gasteiger partial charge in [-0.05, 0) is 65.1 Å². The standard InChI is InChI=1S/C13H7BrF3IO/c14-8-1-6-11(13(15,16)17)12(7-8)19-10-4-2-9(18)3-5-10/h1-7H. The molecule has 1 nitrogen and oxygen atoms in total. The Labute approximate surface area is 130 Å². The lowest BCUT2D eigenvalue weighted by Gasteiger charge is -2.14. The third kappa shape index (κ3) is 3.85. The van der Waals surface area contributed by atoms with E-state index in [0.29, 0.717) is 10.2 Å². The quantitative estimate of drug-likeness (QED) is 0.529. The summed E-state index contributed by atoms with van der Waals surface area (Å²) in [5.74, 6) is 0.145. The van der Waals surface area contributed by atoms with Gasteiger partial charge in [-0.15, -0.1) is 0 Å². The summed E-state index contributed by atoms with van der Waals surface area (Å²) in [6, 6.07) is 10.4. The summed E-state index contributed by atoms with van der Waals surface area (Å²) < 4.78 is 45.4. The minimum Gasteiger partial charge on any atom is -0.457 e. The smallest absolute Gasteiger partial charge is 0.419 e. The minimum absolute atomic E-state index is 0.219. The normalized spacial score (nSPS) is 11.4. The SMILES string of the molecule is FC(F)(F)c1ccc(Br)cc1Oc1ccc(I)cc1. The van der Waals surface area contributed by atoms with Crippen molar-refractivity contribution < 1.29 is 17.9 Å². The van der Waals surface area contributed by atoms with E-state index in [9.17, 15) is 13.2 Å². The van der Waals surface area contributed by atoms with E-state index in [0.717, 1.165) is 9.64 Å². The molecule has 2 rings (SSSR count). The van der Waals surface area contributed by atoms with Crippen molar-refractivity contribution in [3.05, 3.63) is 56.1 Å². The highest BCUT2D eigenvalue weighted by atomic mass is 127. The number of hydrogen-bond acceptors (Lipinski definition) is 1. The highest BCUT2D eigenvalue weighted by molar-refractivity contribution is 14.1. The lowest BCUT2D eigenvalue weighted by molar-refractivity contribution is -0.138. The Morgan fingerprint density at radius 2 is 1.63 bits per heavy atom. The van der Waals surface area contributed by atoms with E-state index in [1.807, 2.05) is 0 Å². The zero-order valence-corrected chi connectivity index (χ0v) is 13.1. The molecule has 6 heteroatoms. The molecule has 0 spiro atoms. The number of alkyl halides is 3. The Morgan fingerprint density at radius 3 is 2.21 bits per heavy atom. The van der Waals surface area contributed by atoms with Crippen LogP contribution in [0.2, 0.25) is 0 Å². The molecule has 0 radical (unpaired) electrons. The fraction of sp³-hybridized carbons (Fsp3) is 0.0769. The second kappa shape index (κ2) is 5.70. The first kappa shape index (κ1) is 14.6. The zero-order chi connectivity index (χ0) is 14.0. The van der Waals surface area contributed by atoms with Gasteiger partial charge in [0.1, 0.15) is 11.5 Å². The molecule has 0 amide bonds. The highest BCUT2D eigenvalue weighted by Crippen LogP contribution is 2.39. The molecule has 0 aliphatic heterocycles. The number of benzene rings is 2. The van der Waals surface area contributed by atoms with Crippen LogP contribution in [0.3, 0.4) is 0 Å². The van der Waals surface area contributed by atoms with E-state index >= 15 is 0 Å². The summed E-state index contributed by atoms with van der Waals surface area (Å²) in [5.41, 5.74) is -0.797. The molecule has 0 unspecified atom stereocenters. The largest absolute Gasteiger partial charge is 0.457 e. The van der Waals surface area contributed by atoms with E-state index in [1.165, 1.54) is 12.1 Å². The van der Waals surface area contributed by atoms with Crippen LogP contribution in [0.4, 0.5) is 13.2 Å². The Morgan fingerprint density at radius 1 is 1.00 bits per heavy atom. The minimum atomic E-state index is -4.45. The first-order valence-corrected chi connectivity index (χ1v) is 7.03. The van der Waals surface area contributed by atoms with Crippen LogP contribution in [0.5, 0.6) is 11.5 Å². The number of rotatable bonds is 2. The van der Waals surface area contributed by atoms with E-state index in [2.05, 4.69) is 38.5 Å². The zero-order valence-electron chi connectivity index (χ0n) is 9.34. The summed E-state index contributed by atoms with van der Waals surface area (Å²) in [6.45, 7) is 0. The van der Waals surface area contributed by atoms with Gasteiger partial charge in [-0.1, -0.05) is 15.9 Å². The molecular weight excluding hydrogens is 436 g/mol. The maximum absolute atomic E-state index is 12.9. The Kier molecular flexibility index (Phi) is 4.39. The summed E-state index contributed by atoms with van der Waals surface area (Å²) in [4.78, 5) is 0. The topological polar surface area (TPSA) is 9.23 Å². The maximum atomic E-state index is 12.9. The first-order valence-electron chi connectivity index (χ1n) is 5.16. The van der Waals surface area contributed by atoms with Crippen LogP contribution in [0, 0.1) is 3.57 Å². The Bertz CT molecular complexity index is 581. The monoisotopic (exact) mass is 442 g/mol. The van der Waals surface area contributed by atoms with Gasteiger partial charge in [0.05, 0.1) is 5.56 Å². The Hall–Kier alpha value is -0.760. The van der Waals surface area contributed by atoms with Gasteiger partial charge in [0, 0.05) is 8.04 Å². The summed E-state index contributed by atoms with van der Waals surface area (Å²) in [7, 11) is 0. The molecule has 0 saturated carbocycles. The van der Waals surface area contributed by atoms with Crippen molar-refractivity contribution in [2.75, 3.05) is 0 Å². The number of halogens is 5. The summed E-state index contributed by atoms with van der Waals surface area (Å²) >= 11 is 5.25. The molecule has 0 N–H and O–H groups in total. The van der Waals surface area contributed by atoms with Crippen molar-refractivity contribution in [1.82, 2.24) is 0 Å². The van der Waals surface area contributed by atoms with Crippen molar-refractivity contribution in [2.24, 2.45) is 0 Å². The van der Waals surface area contributed by atoms with Crippen molar-refractivity contribution >= 4 is 38.5 Å². The number of hydrogen-bond donors (Lipinski definition) is 0. The van der Waals surface area contributed by atoms with Crippen LogP contribution in [-0.4, -0.2) is 0 Å². The van der Waals surface area contributed by atoms with E-state index in [4.69, 9.17) is 4.74 Å². The highest BCUT2D eigenvalue weighted by Gasteiger charge is 2.34. The van der Waals surface area contributed by atoms with Gasteiger partial charge < -0.3 is 4.74 Å². The van der Waals surface area contributed by atoms with Gasteiger partial charge in [0.25, 0.3) is 0 Å². The van der Waals surface area contributed by atoms with Crippen LogP contribution >= 0.6 is 38.5 Å². The van der Waals surface area contributed by atoms with E-state index < -0.39 is 11.7 Å².